The van der Waals surface area contributed by atoms with Gasteiger partial charge in [-0.05, 0) is 6.92 Å². The van der Waals surface area contributed by atoms with Gasteiger partial charge in [0.25, 0.3) is 5.84 Å². The highest BCUT2D eigenvalue weighted by atomic mass is 16.5. The molecule has 7 heteroatoms. The quantitative estimate of drug-likeness (QED) is 0.449. The highest BCUT2D eigenvalue weighted by Gasteiger charge is 2.17. The maximum absolute atomic E-state index is 10.9. The molecule has 0 bridgehead atoms. The summed E-state index contributed by atoms with van der Waals surface area (Å²) in [5.41, 5.74) is 4.75. The fraction of sp³-hybridized carbons (Fsp3) is 0.500. The van der Waals surface area contributed by atoms with Crippen molar-refractivity contribution in [3.8, 4) is 0 Å². The molecule has 3 N–H and O–H groups in total. The molecule has 1 aliphatic rings. The van der Waals surface area contributed by atoms with E-state index >= 15 is 0 Å². The van der Waals surface area contributed by atoms with E-state index in [0.717, 1.165) is 0 Å². The number of hydrogen-bond acceptors (Lipinski definition) is 7. The first kappa shape index (κ1) is 9.46. The number of aliphatic hydroxyl groups is 1. The Balaban J connectivity index is 2.58. The minimum Gasteiger partial charge on any atom is -0.463 e. The SMILES string of the molecule is COC(=O)C1=NNC(C(C)O)=NN1. The highest BCUT2D eigenvalue weighted by Crippen LogP contribution is 1.90. The zero-order chi connectivity index (χ0) is 9.84. The van der Waals surface area contributed by atoms with Crippen LogP contribution in [0.3, 0.4) is 0 Å². The summed E-state index contributed by atoms with van der Waals surface area (Å²) in [4.78, 5) is 10.9. The first-order valence-corrected chi connectivity index (χ1v) is 3.59. The number of ether oxygens (including phenoxy) is 1. The van der Waals surface area contributed by atoms with Gasteiger partial charge in [0.15, 0.2) is 5.84 Å². The summed E-state index contributed by atoms with van der Waals surface area (Å²) < 4.78 is 4.38. The third kappa shape index (κ3) is 2.15. The van der Waals surface area contributed by atoms with Crippen LogP contribution in [0.5, 0.6) is 0 Å². The zero-order valence-corrected chi connectivity index (χ0v) is 7.24. The first-order valence-electron chi connectivity index (χ1n) is 3.59. The molecule has 0 aromatic carbocycles. The van der Waals surface area contributed by atoms with E-state index in [1.54, 1.807) is 0 Å². The molecule has 0 radical (unpaired) electrons. The van der Waals surface area contributed by atoms with Crippen molar-refractivity contribution in [3.05, 3.63) is 0 Å². The summed E-state index contributed by atoms with van der Waals surface area (Å²) in [7, 11) is 1.24. The van der Waals surface area contributed by atoms with Crippen molar-refractivity contribution >= 4 is 17.6 Å². The molecule has 1 unspecified atom stereocenters. The van der Waals surface area contributed by atoms with Crippen molar-refractivity contribution in [2.75, 3.05) is 7.11 Å². The van der Waals surface area contributed by atoms with Gasteiger partial charge in [0, 0.05) is 0 Å². The zero-order valence-electron chi connectivity index (χ0n) is 7.24. The molecule has 1 atom stereocenters. The third-order valence-corrected chi connectivity index (χ3v) is 1.34. The summed E-state index contributed by atoms with van der Waals surface area (Å²) >= 11 is 0. The van der Waals surface area contributed by atoms with Crippen LogP contribution in [0.1, 0.15) is 6.92 Å². The van der Waals surface area contributed by atoms with Gasteiger partial charge in [-0.2, -0.15) is 5.10 Å². The molecule has 1 rings (SSSR count). The summed E-state index contributed by atoms with van der Waals surface area (Å²) in [6.07, 6.45) is -0.768. The van der Waals surface area contributed by atoms with Gasteiger partial charge in [-0.3, -0.25) is 10.9 Å². The molecule has 0 aliphatic carbocycles. The van der Waals surface area contributed by atoms with Crippen LogP contribution < -0.4 is 10.9 Å². The molecule has 0 amide bonds. The van der Waals surface area contributed by atoms with Crippen molar-refractivity contribution in [1.82, 2.24) is 10.9 Å². The van der Waals surface area contributed by atoms with E-state index in [-0.39, 0.29) is 11.7 Å². The highest BCUT2D eigenvalue weighted by molar-refractivity contribution is 6.35. The maximum atomic E-state index is 10.9. The Bertz CT molecular complexity index is 271. The van der Waals surface area contributed by atoms with E-state index in [9.17, 15) is 4.79 Å². The van der Waals surface area contributed by atoms with Gasteiger partial charge in [0.2, 0.25) is 0 Å². The van der Waals surface area contributed by atoms with Crippen molar-refractivity contribution in [2.24, 2.45) is 10.2 Å². The lowest BCUT2D eigenvalue weighted by atomic mass is 10.4. The molecule has 0 saturated heterocycles. The van der Waals surface area contributed by atoms with Crippen LogP contribution >= 0.6 is 0 Å². The van der Waals surface area contributed by atoms with Crippen LogP contribution in [0, 0.1) is 0 Å². The number of rotatable bonds is 2. The fourth-order valence-electron chi connectivity index (χ4n) is 0.651. The minimum atomic E-state index is -0.768. The topological polar surface area (TPSA) is 95.3 Å². The molecule has 1 heterocycles. The smallest absolute Gasteiger partial charge is 0.377 e. The normalized spacial score (nSPS) is 17.5. The van der Waals surface area contributed by atoms with Gasteiger partial charge < -0.3 is 9.84 Å². The van der Waals surface area contributed by atoms with Gasteiger partial charge in [0.1, 0.15) is 6.10 Å². The second-order valence-corrected chi connectivity index (χ2v) is 2.35. The van der Waals surface area contributed by atoms with E-state index in [0.29, 0.717) is 0 Å². The Morgan fingerprint density at radius 3 is 2.62 bits per heavy atom. The third-order valence-electron chi connectivity index (χ3n) is 1.34. The fourth-order valence-corrected chi connectivity index (χ4v) is 0.651. The Morgan fingerprint density at radius 1 is 1.54 bits per heavy atom. The Hall–Kier alpha value is -1.63. The molecule has 0 aromatic rings. The monoisotopic (exact) mass is 186 g/mol. The number of esters is 1. The number of nitrogens with one attached hydrogen (secondary N) is 2. The lowest BCUT2D eigenvalue weighted by Gasteiger charge is -2.14. The number of amidine groups is 2. The van der Waals surface area contributed by atoms with E-state index in [4.69, 9.17) is 5.11 Å². The summed E-state index contributed by atoms with van der Waals surface area (Å²) in [6, 6.07) is 0. The average Bonchev–Trinajstić information content (AvgIpc) is 2.17. The number of hydrazone groups is 2. The molecule has 1 aliphatic heterocycles. The van der Waals surface area contributed by atoms with Crippen molar-refractivity contribution < 1.29 is 14.6 Å². The molecular formula is C6H10N4O3. The van der Waals surface area contributed by atoms with Crippen LogP contribution in [0.25, 0.3) is 0 Å². The minimum absolute atomic E-state index is 0.0492. The lowest BCUT2D eigenvalue weighted by Crippen LogP contribution is -2.42. The summed E-state index contributed by atoms with van der Waals surface area (Å²) in [5.74, 6) is -0.430. The number of carbonyl (C=O) groups excluding carboxylic acids is 1. The number of hydrogen-bond donors (Lipinski definition) is 3. The van der Waals surface area contributed by atoms with Crippen LogP contribution in [-0.4, -0.2) is 36.0 Å². The van der Waals surface area contributed by atoms with Crippen LogP contribution in [0.4, 0.5) is 0 Å². The van der Waals surface area contributed by atoms with Gasteiger partial charge in [-0.25, -0.2) is 4.79 Å². The van der Waals surface area contributed by atoms with Crippen molar-refractivity contribution in [1.29, 1.82) is 0 Å². The van der Waals surface area contributed by atoms with Crippen LogP contribution in [0.2, 0.25) is 0 Å². The van der Waals surface area contributed by atoms with Gasteiger partial charge in [-0.15, -0.1) is 5.10 Å². The molecule has 0 spiro atoms. The largest absolute Gasteiger partial charge is 0.463 e. The molecule has 0 aromatic heterocycles. The number of nitrogens with zero attached hydrogens (tertiary/aromatic N) is 2. The molecule has 0 fully saturated rings. The van der Waals surface area contributed by atoms with E-state index in [2.05, 4.69) is 25.8 Å². The second-order valence-electron chi connectivity index (χ2n) is 2.35. The summed E-state index contributed by atoms with van der Waals surface area (Å²) in [6.45, 7) is 1.52. The van der Waals surface area contributed by atoms with E-state index in [1.165, 1.54) is 14.0 Å². The molecule has 13 heavy (non-hydrogen) atoms. The number of aliphatic hydroxyl groups excluding tert-OH is 1. The van der Waals surface area contributed by atoms with Crippen molar-refractivity contribution in [3.63, 3.8) is 0 Å². The van der Waals surface area contributed by atoms with Crippen LogP contribution in [-0.2, 0) is 9.53 Å². The number of carbonyl (C=O) groups is 1. The lowest BCUT2D eigenvalue weighted by molar-refractivity contribution is -0.133. The Kier molecular flexibility index (Phi) is 2.80. The Morgan fingerprint density at radius 2 is 2.23 bits per heavy atom. The summed E-state index contributed by atoms with van der Waals surface area (Å²) in [5, 5.41) is 16.3. The molecule has 0 saturated carbocycles. The van der Waals surface area contributed by atoms with Gasteiger partial charge >= 0.3 is 5.97 Å². The maximum Gasteiger partial charge on any atom is 0.377 e. The van der Waals surface area contributed by atoms with E-state index < -0.39 is 12.1 Å². The number of methoxy groups -OCH3 is 1. The second kappa shape index (κ2) is 3.85. The van der Waals surface area contributed by atoms with Gasteiger partial charge in [0.05, 0.1) is 7.11 Å². The van der Waals surface area contributed by atoms with Crippen molar-refractivity contribution in [2.45, 2.75) is 13.0 Å². The Labute approximate surface area is 74.5 Å². The van der Waals surface area contributed by atoms with Crippen LogP contribution in [0.15, 0.2) is 10.2 Å². The molecule has 72 valence electrons. The molecule has 7 nitrogen and oxygen atoms in total. The predicted molar refractivity (Wildman–Crippen MR) is 44.8 cm³/mol. The average molecular weight is 186 g/mol. The molecular weight excluding hydrogens is 176 g/mol. The standard InChI is InChI=1S/C6H10N4O3/c1-3(11)4-7-9-5(10-8-4)6(12)13-2/h3,11H,1-2H3,(H,7,8)(H,9,10). The van der Waals surface area contributed by atoms with E-state index in [1.807, 2.05) is 0 Å². The van der Waals surface area contributed by atoms with Gasteiger partial charge in [-0.1, -0.05) is 0 Å². The predicted octanol–water partition coefficient (Wildman–Crippen LogP) is -1.64. The first-order chi connectivity index (χ1) is 6.15.